The van der Waals surface area contributed by atoms with Crippen LogP contribution in [0, 0.1) is 11.8 Å². The monoisotopic (exact) mass is 142 g/mol. The van der Waals surface area contributed by atoms with E-state index in [1.54, 1.807) is 6.92 Å². The van der Waals surface area contributed by atoms with E-state index in [-0.39, 0.29) is 17.8 Å². The molecule has 56 valence electrons. The average Bonchev–Trinajstić information content (AvgIpc) is 2.66. The normalized spacial score (nSPS) is 29.3. The van der Waals surface area contributed by atoms with Crippen molar-refractivity contribution in [3.8, 4) is 0 Å². The Morgan fingerprint density at radius 1 is 1.80 bits per heavy atom. The number of ether oxygens (including phenoxy) is 1. The first-order valence-electron chi connectivity index (χ1n) is 3.41. The Balaban J connectivity index is 2.25. The minimum atomic E-state index is -0.223. The molecule has 0 saturated heterocycles. The third kappa shape index (κ3) is 1.35. The summed E-state index contributed by atoms with van der Waals surface area (Å²) < 4.78 is 4.70. The molecule has 0 N–H and O–H groups in total. The second-order valence-electron chi connectivity index (χ2n) is 2.39. The van der Waals surface area contributed by atoms with E-state index in [0.29, 0.717) is 13.0 Å². The molecule has 0 amide bonds. The van der Waals surface area contributed by atoms with Crippen molar-refractivity contribution >= 4 is 12.3 Å². The molecule has 0 unspecified atom stereocenters. The number of esters is 1. The van der Waals surface area contributed by atoms with Gasteiger partial charge in [-0.15, -0.1) is 0 Å². The Labute approximate surface area is 59.4 Å². The summed E-state index contributed by atoms with van der Waals surface area (Å²) in [4.78, 5) is 20.9. The fraction of sp³-hybridized carbons (Fsp3) is 0.714. The summed E-state index contributed by atoms with van der Waals surface area (Å²) >= 11 is 0. The highest BCUT2D eigenvalue weighted by Crippen LogP contribution is 2.37. The van der Waals surface area contributed by atoms with E-state index >= 15 is 0 Å². The lowest BCUT2D eigenvalue weighted by atomic mass is 10.3. The Morgan fingerprint density at radius 3 is 2.90 bits per heavy atom. The lowest BCUT2D eigenvalue weighted by Crippen LogP contribution is -2.07. The zero-order chi connectivity index (χ0) is 7.56. The summed E-state index contributed by atoms with van der Waals surface area (Å²) in [7, 11) is 0. The first kappa shape index (κ1) is 7.25. The van der Waals surface area contributed by atoms with Gasteiger partial charge in [-0.25, -0.2) is 0 Å². The molecule has 1 aliphatic rings. The largest absolute Gasteiger partial charge is 0.466 e. The average molecular weight is 142 g/mol. The van der Waals surface area contributed by atoms with Gasteiger partial charge in [0.2, 0.25) is 0 Å². The van der Waals surface area contributed by atoms with Crippen molar-refractivity contribution < 1.29 is 14.3 Å². The molecule has 0 spiro atoms. The lowest BCUT2D eigenvalue weighted by Gasteiger charge is -1.96. The summed E-state index contributed by atoms with van der Waals surface area (Å²) in [6, 6.07) is 0. The van der Waals surface area contributed by atoms with Crippen molar-refractivity contribution in [3.63, 3.8) is 0 Å². The van der Waals surface area contributed by atoms with E-state index < -0.39 is 0 Å². The molecule has 0 aromatic rings. The molecule has 0 bridgehead atoms. The lowest BCUT2D eigenvalue weighted by molar-refractivity contribution is -0.145. The maximum atomic E-state index is 10.8. The van der Waals surface area contributed by atoms with E-state index in [2.05, 4.69) is 0 Å². The molecular formula is C7H10O3. The molecule has 1 rings (SSSR count). The van der Waals surface area contributed by atoms with Gasteiger partial charge in [0.15, 0.2) is 0 Å². The molecule has 0 radical (unpaired) electrons. The van der Waals surface area contributed by atoms with Crippen molar-refractivity contribution in [3.05, 3.63) is 0 Å². The van der Waals surface area contributed by atoms with Crippen LogP contribution >= 0.6 is 0 Å². The predicted octanol–water partition coefficient (Wildman–Crippen LogP) is 0.385. The fourth-order valence-corrected chi connectivity index (χ4v) is 0.885. The highest BCUT2D eigenvalue weighted by molar-refractivity contribution is 5.81. The van der Waals surface area contributed by atoms with Crippen LogP contribution < -0.4 is 0 Å². The number of hydrogen-bond donors (Lipinski definition) is 0. The molecular weight excluding hydrogens is 132 g/mol. The van der Waals surface area contributed by atoms with Gasteiger partial charge in [-0.2, -0.15) is 0 Å². The molecule has 1 aliphatic carbocycles. The van der Waals surface area contributed by atoms with E-state index in [1.807, 2.05) is 0 Å². The summed E-state index contributed by atoms with van der Waals surface area (Å²) in [5.41, 5.74) is 0. The van der Waals surface area contributed by atoms with Gasteiger partial charge in [0.05, 0.1) is 12.5 Å². The number of hydrogen-bond acceptors (Lipinski definition) is 3. The maximum absolute atomic E-state index is 10.8. The predicted molar refractivity (Wildman–Crippen MR) is 34.3 cm³/mol. The van der Waals surface area contributed by atoms with Crippen LogP contribution in [-0.2, 0) is 14.3 Å². The molecule has 3 nitrogen and oxygen atoms in total. The van der Waals surface area contributed by atoms with Crippen LogP contribution in [0.2, 0.25) is 0 Å². The molecule has 2 atom stereocenters. The highest BCUT2D eigenvalue weighted by atomic mass is 16.5. The number of carbonyl (C=O) groups is 2. The van der Waals surface area contributed by atoms with Crippen molar-refractivity contribution in [2.24, 2.45) is 11.8 Å². The topological polar surface area (TPSA) is 43.4 Å². The molecule has 10 heavy (non-hydrogen) atoms. The molecule has 3 heteroatoms. The molecule has 1 saturated carbocycles. The summed E-state index contributed by atoms with van der Waals surface area (Å²) in [5, 5.41) is 0. The molecule has 1 fully saturated rings. The van der Waals surface area contributed by atoms with Crippen LogP contribution in [0.1, 0.15) is 13.3 Å². The Kier molecular flexibility index (Phi) is 2.04. The minimum Gasteiger partial charge on any atom is -0.466 e. The van der Waals surface area contributed by atoms with E-state index in [1.165, 1.54) is 0 Å². The van der Waals surface area contributed by atoms with Crippen molar-refractivity contribution in [1.29, 1.82) is 0 Å². The SMILES string of the molecule is CCOC(=O)[C@@H]1C[C@H]1C=O. The second-order valence-corrected chi connectivity index (χ2v) is 2.39. The van der Waals surface area contributed by atoms with Crippen LogP contribution in [0.4, 0.5) is 0 Å². The third-order valence-electron chi connectivity index (χ3n) is 1.60. The van der Waals surface area contributed by atoms with Crippen LogP contribution in [0.3, 0.4) is 0 Å². The van der Waals surface area contributed by atoms with Gasteiger partial charge in [-0.1, -0.05) is 0 Å². The summed E-state index contributed by atoms with van der Waals surface area (Å²) in [6.07, 6.45) is 1.50. The molecule has 0 aromatic heterocycles. The summed E-state index contributed by atoms with van der Waals surface area (Å²) in [6.45, 7) is 2.16. The van der Waals surface area contributed by atoms with E-state index in [4.69, 9.17) is 4.74 Å². The standard InChI is InChI=1S/C7H10O3/c1-2-10-7(9)6-3-5(6)4-8/h4-6H,2-3H2,1H3/t5-,6+/m0/s1. The Hall–Kier alpha value is -0.860. The number of carbonyl (C=O) groups excluding carboxylic acids is 2. The van der Waals surface area contributed by atoms with Crippen molar-refractivity contribution in [1.82, 2.24) is 0 Å². The Morgan fingerprint density at radius 2 is 2.50 bits per heavy atom. The van der Waals surface area contributed by atoms with Gasteiger partial charge in [-0.05, 0) is 13.3 Å². The molecule has 0 aliphatic heterocycles. The first-order valence-corrected chi connectivity index (χ1v) is 3.41. The van der Waals surface area contributed by atoms with Gasteiger partial charge in [-0.3, -0.25) is 4.79 Å². The smallest absolute Gasteiger partial charge is 0.309 e. The van der Waals surface area contributed by atoms with Crippen LogP contribution in [0.5, 0.6) is 0 Å². The van der Waals surface area contributed by atoms with Gasteiger partial charge < -0.3 is 9.53 Å². The minimum absolute atomic E-state index is 0.0564. The second kappa shape index (κ2) is 2.82. The maximum Gasteiger partial charge on any atom is 0.309 e. The van der Waals surface area contributed by atoms with Gasteiger partial charge >= 0.3 is 5.97 Å². The van der Waals surface area contributed by atoms with E-state index in [0.717, 1.165) is 6.29 Å². The Bertz CT molecular complexity index is 153. The van der Waals surface area contributed by atoms with Crippen molar-refractivity contribution in [2.75, 3.05) is 6.61 Å². The molecule has 0 heterocycles. The van der Waals surface area contributed by atoms with Gasteiger partial charge in [0, 0.05) is 5.92 Å². The zero-order valence-electron chi connectivity index (χ0n) is 5.87. The van der Waals surface area contributed by atoms with Crippen molar-refractivity contribution in [2.45, 2.75) is 13.3 Å². The van der Waals surface area contributed by atoms with Gasteiger partial charge in [0.25, 0.3) is 0 Å². The van der Waals surface area contributed by atoms with Gasteiger partial charge in [0.1, 0.15) is 6.29 Å². The first-order chi connectivity index (χ1) is 4.79. The number of aldehydes is 1. The van der Waals surface area contributed by atoms with E-state index in [9.17, 15) is 9.59 Å². The summed E-state index contributed by atoms with van der Waals surface area (Å²) in [5.74, 6) is -0.406. The quantitative estimate of drug-likeness (QED) is 0.422. The number of rotatable bonds is 3. The van der Waals surface area contributed by atoms with Crippen LogP contribution in [0.25, 0.3) is 0 Å². The van der Waals surface area contributed by atoms with Crippen LogP contribution in [0.15, 0.2) is 0 Å². The fourth-order valence-electron chi connectivity index (χ4n) is 0.885. The third-order valence-corrected chi connectivity index (χ3v) is 1.60. The van der Waals surface area contributed by atoms with Crippen LogP contribution in [-0.4, -0.2) is 18.9 Å². The zero-order valence-corrected chi connectivity index (χ0v) is 5.87. The molecule has 0 aromatic carbocycles. The highest BCUT2D eigenvalue weighted by Gasteiger charge is 2.43.